The smallest absolute Gasteiger partial charge is 0.253 e. The van der Waals surface area contributed by atoms with Gasteiger partial charge in [-0.05, 0) is 30.3 Å². The second kappa shape index (κ2) is 5.37. The van der Waals surface area contributed by atoms with Gasteiger partial charge in [0.15, 0.2) is 4.77 Å². The van der Waals surface area contributed by atoms with Gasteiger partial charge in [0, 0.05) is 17.6 Å². The van der Waals surface area contributed by atoms with E-state index in [-0.39, 0.29) is 5.56 Å². The molecule has 0 saturated carbocycles. The molecule has 0 aliphatic heterocycles. The lowest BCUT2D eigenvalue weighted by Crippen LogP contribution is -2.17. The number of hydrogen-bond donors (Lipinski definition) is 2. The fourth-order valence-corrected chi connectivity index (χ4v) is 2.23. The van der Waals surface area contributed by atoms with Gasteiger partial charge in [0.1, 0.15) is 5.82 Å². The molecule has 0 fully saturated rings. The monoisotopic (exact) mass is 281 g/mol. The molecule has 0 aliphatic rings. The zero-order valence-corrected chi connectivity index (χ0v) is 11.1. The maximum absolute atomic E-state index is 11.2. The molecule has 0 radical (unpaired) electrons. The number of nitrogens with two attached hydrogens (primary N) is 1. The van der Waals surface area contributed by atoms with Gasteiger partial charge in [-0.1, -0.05) is 29.8 Å². The van der Waals surface area contributed by atoms with Crippen LogP contribution in [0.5, 0.6) is 0 Å². The van der Waals surface area contributed by atoms with Crippen LogP contribution in [0.4, 0.5) is 5.82 Å². The van der Waals surface area contributed by atoms with Crippen LogP contribution in [-0.2, 0) is 13.0 Å². The first-order chi connectivity index (χ1) is 8.58. The van der Waals surface area contributed by atoms with Gasteiger partial charge in [-0.15, -0.1) is 0 Å². The quantitative estimate of drug-likeness (QED) is 0.849. The Bertz CT molecular complexity index is 678. The van der Waals surface area contributed by atoms with E-state index in [2.05, 4.69) is 4.98 Å². The number of anilines is 1. The third kappa shape index (κ3) is 2.80. The molecule has 1 aromatic heterocycles. The minimum Gasteiger partial charge on any atom is -0.385 e. The molecule has 0 aliphatic carbocycles. The summed E-state index contributed by atoms with van der Waals surface area (Å²) in [5.74, 6) is 0.357. The van der Waals surface area contributed by atoms with Gasteiger partial charge in [-0.25, -0.2) is 0 Å². The van der Waals surface area contributed by atoms with Gasteiger partial charge in [0.25, 0.3) is 5.56 Å². The minimum absolute atomic E-state index is 0.286. The minimum atomic E-state index is -0.286. The van der Waals surface area contributed by atoms with Crippen LogP contribution in [0, 0.1) is 4.77 Å². The molecule has 0 bridgehead atoms. The zero-order chi connectivity index (χ0) is 13.1. The van der Waals surface area contributed by atoms with Crippen molar-refractivity contribution in [3.8, 4) is 0 Å². The molecule has 2 aromatic rings. The van der Waals surface area contributed by atoms with Gasteiger partial charge in [-0.2, -0.15) is 0 Å². The second-order valence-corrected chi connectivity index (χ2v) is 4.65. The maximum atomic E-state index is 11.2. The van der Waals surface area contributed by atoms with E-state index < -0.39 is 0 Å². The summed E-state index contributed by atoms with van der Waals surface area (Å²) < 4.78 is 2.01. The largest absolute Gasteiger partial charge is 0.385 e. The Morgan fingerprint density at radius 2 is 2.11 bits per heavy atom. The number of aryl methyl sites for hydroxylation is 1. The summed E-state index contributed by atoms with van der Waals surface area (Å²) >= 11 is 11.1. The van der Waals surface area contributed by atoms with E-state index in [4.69, 9.17) is 29.6 Å². The molecule has 0 unspecified atom stereocenters. The number of nitrogens with one attached hydrogen (secondary N) is 1. The van der Waals surface area contributed by atoms with Crippen molar-refractivity contribution in [3.63, 3.8) is 0 Å². The number of hydrogen-bond acceptors (Lipinski definition) is 3. The fourth-order valence-electron chi connectivity index (χ4n) is 1.70. The van der Waals surface area contributed by atoms with E-state index in [0.717, 1.165) is 5.56 Å². The summed E-state index contributed by atoms with van der Waals surface area (Å²) in [5.41, 5.74) is 6.50. The lowest BCUT2D eigenvalue weighted by molar-refractivity contribution is 0.673. The lowest BCUT2D eigenvalue weighted by atomic mass is 10.1. The Kier molecular flexibility index (Phi) is 3.84. The maximum Gasteiger partial charge on any atom is 0.253 e. The van der Waals surface area contributed by atoms with Crippen molar-refractivity contribution in [2.24, 2.45) is 0 Å². The van der Waals surface area contributed by atoms with Crippen molar-refractivity contribution in [1.82, 2.24) is 9.55 Å². The van der Waals surface area contributed by atoms with Gasteiger partial charge < -0.3 is 10.3 Å². The lowest BCUT2D eigenvalue weighted by Gasteiger charge is -2.10. The van der Waals surface area contributed by atoms with Crippen molar-refractivity contribution in [1.29, 1.82) is 0 Å². The molecule has 2 rings (SSSR count). The summed E-state index contributed by atoms with van der Waals surface area (Å²) in [6.07, 6.45) is 0.699. The third-order valence-corrected chi connectivity index (χ3v) is 3.32. The molecule has 0 amide bonds. The van der Waals surface area contributed by atoms with Crippen molar-refractivity contribution in [2.75, 3.05) is 5.73 Å². The van der Waals surface area contributed by atoms with Crippen molar-refractivity contribution in [2.45, 2.75) is 13.0 Å². The average Bonchev–Trinajstić information content (AvgIpc) is 2.30. The number of nitrogens with zero attached hydrogens (tertiary/aromatic N) is 1. The first-order valence-corrected chi connectivity index (χ1v) is 6.19. The van der Waals surface area contributed by atoms with E-state index in [1.54, 1.807) is 4.57 Å². The topological polar surface area (TPSA) is 63.8 Å². The molecule has 1 aromatic carbocycles. The summed E-state index contributed by atoms with van der Waals surface area (Å²) in [6, 6.07) is 8.92. The average molecular weight is 282 g/mol. The molecular formula is C12H12ClN3OS. The fraction of sp³-hybridized carbons (Fsp3) is 0.167. The van der Waals surface area contributed by atoms with Crippen LogP contribution in [0.15, 0.2) is 35.1 Å². The second-order valence-electron chi connectivity index (χ2n) is 3.86. The highest BCUT2D eigenvalue weighted by Gasteiger charge is 2.03. The van der Waals surface area contributed by atoms with Crippen molar-refractivity contribution < 1.29 is 0 Å². The molecule has 0 saturated heterocycles. The molecule has 18 heavy (non-hydrogen) atoms. The van der Waals surface area contributed by atoms with Crippen LogP contribution in [-0.4, -0.2) is 9.55 Å². The third-order valence-electron chi connectivity index (χ3n) is 2.63. The van der Waals surface area contributed by atoms with E-state index in [1.165, 1.54) is 6.07 Å². The number of rotatable bonds is 3. The predicted octanol–water partition coefficient (Wildman–Crippen LogP) is 2.38. The molecule has 3 N–H and O–H groups in total. The number of nitrogen functional groups attached to an aromatic ring is 1. The normalized spacial score (nSPS) is 10.5. The van der Waals surface area contributed by atoms with Gasteiger partial charge in [0.05, 0.1) is 0 Å². The predicted molar refractivity (Wildman–Crippen MR) is 75.5 cm³/mol. The van der Waals surface area contributed by atoms with E-state index in [0.29, 0.717) is 28.6 Å². The number of H-pyrrole nitrogens is 1. The first kappa shape index (κ1) is 12.9. The Morgan fingerprint density at radius 3 is 2.78 bits per heavy atom. The van der Waals surface area contributed by atoms with Gasteiger partial charge >= 0.3 is 0 Å². The zero-order valence-electron chi connectivity index (χ0n) is 9.52. The highest BCUT2D eigenvalue weighted by atomic mass is 35.5. The summed E-state index contributed by atoms with van der Waals surface area (Å²) in [7, 11) is 0. The van der Waals surface area contributed by atoms with Crippen LogP contribution in [0.3, 0.4) is 0 Å². The first-order valence-electron chi connectivity index (χ1n) is 5.41. The standard InChI is InChI=1S/C12H12ClN3OS/c13-9-4-2-1-3-8(9)5-6-16-10(14)7-11(17)15-12(16)18/h1-4,7H,5-6,14H2,(H,15,17,18). The summed E-state index contributed by atoms with van der Waals surface area (Å²) in [6.45, 7) is 0.575. The number of aromatic amines is 1. The highest BCUT2D eigenvalue weighted by molar-refractivity contribution is 7.71. The molecule has 0 spiro atoms. The molecular weight excluding hydrogens is 270 g/mol. The van der Waals surface area contributed by atoms with Gasteiger partial charge in [-0.3, -0.25) is 9.78 Å². The van der Waals surface area contributed by atoms with Crippen LogP contribution >= 0.6 is 23.8 Å². The molecule has 94 valence electrons. The Labute approximate surface area is 114 Å². The van der Waals surface area contributed by atoms with Crippen molar-refractivity contribution in [3.05, 3.63) is 56.0 Å². The van der Waals surface area contributed by atoms with Crippen molar-refractivity contribution >= 4 is 29.6 Å². The molecule has 6 heteroatoms. The number of halogens is 1. The van der Waals surface area contributed by atoms with Crippen LogP contribution in [0.25, 0.3) is 0 Å². The van der Waals surface area contributed by atoms with E-state index in [9.17, 15) is 4.79 Å². The van der Waals surface area contributed by atoms with E-state index >= 15 is 0 Å². The van der Waals surface area contributed by atoms with Crippen LogP contribution in [0.2, 0.25) is 5.02 Å². The van der Waals surface area contributed by atoms with Crippen LogP contribution in [0.1, 0.15) is 5.56 Å². The highest BCUT2D eigenvalue weighted by Crippen LogP contribution is 2.16. The molecule has 4 nitrogen and oxygen atoms in total. The van der Waals surface area contributed by atoms with E-state index in [1.807, 2.05) is 24.3 Å². The summed E-state index contributed by atoms with van der Waals surface area (Å²) in [4.78, 5) is 13.7. The number of benzene rings is 1. The van der Waals surface area contributed by atoms with Gasteiger partial charge in [0.2, 0.25) is 0 Å². The summed E-state index contributed by atoms with van der Waals surface area (Å²) in [5, 5.41) is 0.715. The Morgan fingerprint density at radius 1 is 1.39 bits per heavy atom. The molecule has 1 heterocycles. The Hall–Kier alpha value is -1.59. The number of aromatic nitrogens is 2. The SMILES string of the molecule is Nc1cc(=O)[nH]c(=S)n1CCc1ccccc1Cl. The Balaban J connectivity index is 2.24. The van der Waals surface area contributed by atoms with Crippen LogP contribution < -0.4 is 11.3 Å². The molecule has 0 atom stereocenters.